The molecule has 0 unspecified atom stereocenters. The van der Waals surface area contributed by atoms with Gasteiger partial charge in [-0.05, 0) is 178 Å². The summed E-state index contributed by atoms with van der Waals surface area (Å²) in [5, 5.41) is 11.8. The van der Waals surface area contributed by atoms with E-state index in [4.69, 9.17) is 18.9 Å². The lowest BCUT2D eigenvalue weighted by Gasteiger charge is -2.27. The fourth-order valence-electron chi connectivity index (χ4n) is 16.1. The number of benzene rings is 4. The third-order valence-corrected chi connectivity index (χ3v) is 24.3. The van der Waals surface area contributed by atoms with Crippen molar-refractivity contribution in [2.45, 2.75) is 229 Å². The van der Waals surface area contributed by atoms with Gasteiger partial charge in [0.2, 0.25) is 35.0 Å². The lowest BCUT2D eigenvalue weighted by atomic mass is 9.81. The number of methoxy groups -OCH3 is 4. The van der Waals surface area contributed by atoms with Gasteiger partial charge >= 0.3 is 0 Å². The number of hydrogen-bond donors (Lipinski definition) is 4. The zero-order chi connectivity index (χ0) is 86.1. The molecule has 0 aromatic heterocycles. The van der Waals surface area contributed by atoms with Gasteiger partial charge in [0.15, 0.2) is 11.4 Å². The molecule has 4 aliphatic heterocycles. The number of fused-ring (bicyclic) bond motifs is 4. The number of carbonyl (C=O) groups is 4. The number of anilines is 2. The van der Waals surface area contributed by atoms with Crippen LogP contribution in [0.3, 0.4) is 0 Å². The molecule has 0 saturated carbocycles. The molecule has 0 atom stereocenters. The number of amides is 4. The Morgan fingerprint density at radius 2 is 0.695 bits per heavy atom. The molecule has 0 radical (unpaired) electrons. The van der Waals surface area contributed by atoms with Gasteiger partial charge in [0.1, 0.15) is 33.3 Å². The van der Waals surface area contributed by atoms with E-state index in [2.05, 4.69) is 168 Å². The molecule has 0 saturated heterocycles. The van der Waals surface area contributed by atoms with Crippen LogP contribution in [0.1, 0.15) is 217 Å². The molecule has 24 heteroatoms. The maximum atomic E-state index is 12.3. The molecule has 4 aromatic rings. The van der Waals surface area contributed by atoms with Crippen molar-refractivity contribution in [3.63, 3.8) is 0 Å². The van der Waals surface area contributed by atoms with E-state index in [1.807, 2.05) is 50.3 Å². The second-order valence-electron chi connectivity index (χ2n) is 33.2. The molecule has 4 heterocycles. The van der Waals surface area contributed by atoms with E-state index < -0.39 is 31.1 Å². The summed E-state index contributed by atoms with van der Waals surface area (Å²) in [6.45, 7) is 29.7. The van der Waals surface area contributed by atoms with Gasteiger partial charge in [-0.15, -0.1) is 0 Å². The molecule has 22 nitrogen and oxygen atoms in total. The lowest BCUT2D eigenvalue weighted by Crippen LogP contribution is -2.28. The molecule has 0 aliphatic carbocycles. The summed E-state index contributed by atoms with van der Waals surface area (Å²) in [5.74, 6) is 0.278. The molecule has 0 fully saturated rings. The van der Waals surface area contributed by atoms with E-state index in [1.165, 1.54) is 69.3 Å². The number of carbonyl (C=O) groups excluding carboxylic acids is 4. The third kappa shape index (κ3) is 27.8. The van der Waals surface area contributed by atoms with Crippen molar-refractivity contribution < 1.29 is 73.2 Å². The Hall–Kier alpha value is -8.46. The topological polar surface area (TPSA) is 280 Å². The molecule has 4 N–H and O–H groups in total. The Balaban J connectivity index is 0.000000326. The lowest BCUT2D eigenvalue weighted by molar-refractivity contribution is -0.438. The van der Waals surface area contributed by atoms with Gasteiger partial charge in [-0.3, -0.25) is 19.2 Å². The Morgan fingerprint density at radius 3 is 1.03 bits per heavy atom. The van der Waals surface area contributed by atoms with Gasteiger partial charge in [0, 0.05) is 202 Å². The second kappa shape index (κ2) is 46.9. The van der Waals surface area contributed by atoms with E-state index in [-0.39, 0.29) is 44.2 Å². The van der Waals surface area contributed by atoms with Crippen molar-refractivity contribution in [1.29, 1.82) is 0 Å². The largest absolute Gasteiger partial charge is 0.744 e. The number of unbranched alkanes of at least 4 members (excludes halogenated alkanes) is 8. The highest BCUT2D eigenvalue weighted by molar-refractivity contribution is 7.86. The summed E-state index contributed by atoms with van der Waals surface area (Å²) in [6.07, 6.45) is 40.4. The smallest absolute Gasteiger partial charge is 0.219 e. The minimum Gasteiger partial charge on any atom is -0.744 e. The van der Waals surface area contributed by atoms with Gasteiger partial charge in [0.05, 0.1) is 20.6 Å². The first-order valence-corrected chi connectivity index (χ1v) is 45.2. The van der Waals surface area contributed by atoms with E-state index >= 15 is 0 Å². The molecule has 0 spiro atoms. The monoisotopic (exact) mass is 1660 g/mol. The fourth-order valence-corrected chi connectivity index (χ4v) is 17.1. The maximum absolute atomic E-state index is 12.3. The second-order valence-corrected chi connectivity index (χ2v) is 35.9. The normalized spacial score (nSPS) is 16.5. The van der Waals surface area contributed by atoms with Gasteiger partial charge in [-0.1, -0.05) is 125 Å². The van der Waals surface area contributed by atoms with Crippen molar-refractivity contribution in [2.24, 2.45) is 0 Å². The van der Waals surface area contributed by atoms with E-state index in [0.717, 1.165) is 150 Å². The summed E-state index contributed by atoms with van der Waals surface area (Å²) in [4.78, 5) is 53.4. The van der Waals surface area contributed by atoms with E-state index in [0.29, 0.717) is 91.4 Å². The van der Waals surface area contributed by atoms with Crippen LogP contribution in [0.5, 0.6) is 0 Å². The van der Waals surface area contributed by atoms with Crippen LogP contribution in [0.25, 0.3) is 0 Å². The molecule has 118 heavy (non-hydrogen) atoms. The number of allylic oxidation sites excluding steroid dienone is 14. The van der Waals surface area contributed by atoms with Crippen molar-refractivity contribution in [3.05, 3.63) is 190 Å². The predicted octanol–water partition coefficient (Wildman–Crippen LogP) is 15.5. The fraction of sp³-hybridized carbons (Fsp3) is 0.532. The molecule has 8 rings (SSSR count). The van der Waals surface area contributed by atoms with Crippen LogP contribution in [0.4, 0.5) is 22.7 Å². The van der Waals surface area contributed by atoms with Gasteiger partial charge < -0.3 is 59.1 Å². The van der Waals surface area contributed by atoms with Crippen molar-refractivity contribution in [1.82, 2.24) is 21.3 Å². The summed E-state index contributed by atoms with van der Waals surface area (Å²) in [7, 11) is -2.61. The third-order valence-electron chi connectivity index (χ3n) is 22.6. The number of aryl methyl sites for hydroxylation is 2. The number of nitrogens with zero attached hydrogens (tertiary/aromatic N) is 4. The highest BCUT2D eigenvalue weighted by Gasteiger charge is 2.47. The molecular formula is C94H134N8O14S2. The van der Waals surface area contributed by atoms with Crippen molar-refractivity contribution in [2.75, 3.05) is 117 Å². The van der Waals surface area contributed by atoms with Crippen LogP contribution >= 0.6 is 0 Å². The molecule has 4 amide bonds. The van der Waals surface area contributed by atoms with Crippen LogP contribution in [0.15, 0.2) is 167 Å². The van der Waals surface area contributed by atoms with E-state index in [1.54, 1.807) is 40.6 Å². The molecule has 0 bridgehead atoms. The van der Waals surface area contributed by atoms with Gasteiger partial charge in [-0.2, -0.15) is 9.15 Å². The summed E-state index contributed by atoms with van der Waals surface area (Å²) in [6, 6.07) is 22.7. The Bertz CT molecular complexity index is 4580. The standard InChI is InChI=1S/C48H68N4O7S.C46H66N4O7S/c1-37-25-27-41-39(35-37)47(2,3)43(51(41)31-17-11-15-23-45(53)49-29-19-33-58-6)21-13-9-8-10-14-22-44-48(4,5)40-36-38(60(55,56)57)26-28-42(40)52(44)32-18-12-16-24-46(54)50-30-20-34-59-7;1-35-23-25-39-37(33-35)45(2,3)41(49(39)29-15-9-13-21-43(51)47-27-17-31-56-6)19-11-8-12-20-42-46(4,5)38-34-36(58(53,54)55)24-26-40(38)50(42)30-16-10-14-22-44(52)48-28-18-32-57-7/h8-10,13-14,21-22,25-28,35-36H,11-12,15-20,23-24,29-34H2,1-7H3,(H2-,49,50,53,54,55,56,57);8,11-12,19-20,23-26,33-34H,9-10,13-18,21-22,27-32H2,1-7H3,(H2-,47,48,51,52,53,54,55). The van der Waals surface area contributed by atoms with Crippen molar-refractivity contribution in [3.8, 4) is 0 Å². The average Bonchev–Trinajstić information content (AvgIpc) is 1.61. The number of ether oxygens (including phenoxy) is 4. The average molecular weight is 1660 g/mol. The zero-order valence-corrected chi connectivity index (χ0v) is 74.4. The number of nitrogens with one attached hydrogen (secondary N) is 4. The predicted molar refractivity (Wildman–Crippen MR) is 471 cm³/mol. The van der Waals surface area contributed by atoms with Gasteiger partial charge in [-0.25, -0.2) is 16.8 Å². The van der Waals surface area contributed by atoms with Crippen LogP contribution in [-0.2, 0) is 80.0 Å². The first-order valence-electron chi connectivity index (χ1n) is 42.3. The Morgan fingerprint density at radius 1 is 0.381 bits per heavy atom. The number of rotatable bonds is 49. The molecule has 4 aromatic carbocycles. The van der Waals surface area contributed by atoms with E-state index in [9.17, 15) is 45.1 Å². The van der Waals surface area contributed by atoms with Crippen LogP contribution < -0.4 is 31.1 Å². The molecule has 4 aliphatic rings. The van der Waals surface area contributed by atoms with Crippen molar-refractivity contribution >= 4 is 78.0 Å². The molecule has 646 valence electrons. The summed E-state index contributed by atoms with van der Waals surface area (Å²) < 4.78 is 96.6. The van der Waals surface area contributed by atoms with Gasteiger partial charge in [0.25, 0.3) is 0 Å². The van der Waals surface area contributed by atoms with Crippen LogP contribution in [0, 0.1) is 13.8 Å². The first-order chi connectivity index (χ1) is 56.2. The van der Waals surface area contributed by atoms with Crippen LogP contribution in [0.2, 0.25) is 0 Å². The highest BCUT2D eigenvalue weighted by atomic mass is 32.2. The minimum absolute atomic E-state index is 0.0427. The zero-order valence-electron chi connectivity index (χ0n) is 72.8. The Kier molecular flexibility index (Phi) is 38.4. The number of hydrogen-bond acceptors (Lipinski definition) is 16. The highest BCUT2D eigenvalue weighted by Crippen LogP contribution is 2.50. The summed E-state index contributed by atoms with van der Waals surface area (Å²) in [5.41, 5.74) is 13.9. The molecular weight excluding hydrogens is 1530 g/mol. The first kappa shape index (κ1) is 96.7. The van der Waals surface area contributed by atoms with Crippen LogP contribution in [-0.4, -0.2) is 177 Å². The Labute approximate surface area is 705 Å². The minimum atomic E-state index is -4.62. The maximum Gasteiger partial charge on any atom is 0.219 e. The quantitative estimate of drug-likeness (QED) is 0.0138. The summed E-state index contributed by atoms with van der Waals surface area (Å²) >= 11 is 0. The SMILES string of the molecule is COCCCNC(=O)CCCCCN1/C(=C/C=C/C=C/C2=[N+](CCCCCC(=O)NCCCOC)c3ccc(S(=O)(=O)[O-])cc3C2(C)C)C(C)(C)c2cc(C)ccc21.COCCCNC(=O)CCCCCN1/C(=C/C=C/C=C/C=C/C2=[N+](CCCCCC(=O)NCCCOC)c3ccc(S(=O)(=O)[O-])cc3C2(C)C)C(C)(C)c2cc(C)ccc21.